The normalized spacial score (nSPS) is 9.30. The summed E-state index contributed by atoms with van der Waals surface area (Å²) < 4.78 is 1.55. The van der Waals surface area contributed by atoms with Crippen LogP contribution in [-0.2, 0) is 11.3 Å². The molecule has 0 aromatic carbocycles. The number of rotatable bonds is 2. The Kier molecular flexibility index (Phi) is 2.01. The van der Waals surface area contributed by atoms with Crippen LogP contribution in [0.4, 0.5) is 0 Å². The fraction of sp³-hybridized carbons (Fsp3) is 0.200. The molecule has 10 heavy (non-hydrogen) atoms. The maximum atomic E-state index is 10.5. The van der Waals surface area contributed by atoms with Crippen LogP contribution in [0.3, 0.4) is 0 Å². The van der Waals surface area contributed by atoms with Gasteiger partial charge in [0.2, 0.25) is 0 Å². The van der Waals surface area contributed by atoms with Crippen LogP contribution >= 0.6 is 0 Å². The monoisotopic (exact) mass is 141 g/mol. The van der Waals surface area contributed by atoms with Crippen LogP contribution < -0.4 is 5.48 Å². The Balaban J connectivity index is 2.48. The zero-order chi connectivity index (χ0) is 7.40. The van der Waals surface area contributed by atoms with E-state index in [-0.39, 0.29) is 6.54 Å². The van der Waals surface area contributed by atoms with Gasteiger partial charge < -0.3 is 4.57 Å². The number of carbonyl (C=O) groups excluding carboxylic acids is 1. The lowest BCUT2D eigenvalue weighted by molar-refractivity contribution is -0.129. The Morgan fingerprint density at radius 3 is 3.10 bits per heavy atom. The minimum absolute atomic E-state index is 0.0937. The third-order valence-electron chi connectivity index (χ3n) is 1.01. The molecule has 0 fully saturated rings. The van der Waals surface area contributed by atoms with E-state index in [1.807, 2.05) is 0 Å². The van der Waals surface area contributed by atoms with Crippen molar-refractivity contribution >= 4 is 5.91 Å². The molecular weight excluding hydrogens is 134 g/mol. The van der Waals surface area contributed by atoms with Crippen molar-refractivity contribution in [3.8, 4) is 0 Å². The van der Waals surface area contributed by atoms with E-state index < -0.39 is 5.91 Å². The largest absolute Gasteiger partial charge is 0.328 e. The maximum Gasteiger partial charge on any atom is 0.263 e. The third-order valence-corrected chi connectivity index (χ3v) is 1.01. The van der Waals surface area contributed by atoms with E-state index in [2.05, 4.69) is 4.98 Å². The van der Waals surface area contributed by atoms with Gasteiger partial charge in [0.15, 0.2) is 0 Å². The topological polar surface area (TPSA) is 67.2 Å². The molecule has 1 aromatic rings. The highest BCUT2D eigenvalue weighted by Crippen LogP contribution is 1.83. The number of nitrogens with one attached hydrogen (secondary N) is 1. The summed E-state index contributed by atoms with van der Waals surface area (Å²) in [7, 11) is 0. The molecule has 0 aliphatic rings. The number of aromatic nitrogens is 2. The molecule has 0 atom stereocenters. The molecule has 5 heteroatoms. The molecule has 0 spiro atoms. The lowest BCUT2D eigenvalue weighted by Crippen LogP contribution is -2.23. The summed E-state index contributed by atoms with van der Waals surface area (Å²) in [5, 5.41) is 8.10. The van der Waals surface area contributed by atoms with Gasteiger partial charge in [-0.1, -0.05) is 0 Å². The fourth-order valence-electron chi connectivity index (χ4n) is 0.581. The average Bonchev–Trinajstić information content (AvgIpc) is 2.40. The van der Waals surface area contributed by atoms with Gasteiger partial charge in [-0.05, 0) is 0 Å². The van der Waals surface area contributed by atoms with Crippen molar-refractivity contribution in [3.63, 3.8) is 0 Å². The van der Waals surface area contributed by atoms with Crippen molar-refractivity contribution < 1.29 is 10.0 Å². The summed E-state index contributed by atoms with van der Waals surface area (Å²) in [6, 6.07) is 0. The predicted molar refractivity (Wildman–Crippen MR) is 32.2 cm³/mol. The van der Waals surface area contributed by atoms with Crippen LogP contribution in [0.5, 0.6) is 0 Å². The average molecular weight is 141 g/mol. The molecule has 54 valence electrons. The second-order valence-corrected chi connectivity index (χ2v) is 1.77. The summed E-state index contributed by atoms with van der Waals surface area (Å²) in [6.45, 7) is 0.0937. The van der Waals surface area contributed by atoms with Crippen molar-refractivity contribution in [2.24, 2.45) is 0 Å². The summed E-state index contributed by atoms with van der Waals surface area (Å²) in [4.78, 5) is 14.2. The van der Waals surface area contributed by atoms with Gasteiger partial charge in [-0.15, -0.1) is 0 Å². The van der Waals surface area contributed by atoms with Crippen LogP contribution in [0, 0.1) is 0 Å². The number of amides is 1. The summed E-state index contributed by atoms with van der Waals surface area (Å²) in [5.74, 6) is -0.460. The molecule has 1 amide bonds. The first-order valence-corrected chi connectivity index (χ1v) is 2.71. The second kappa shape index (κ2) is 2.98. The number of nitrogens with zero attached hydrogens (tertiary/aromatic N) is 2. The van der Waals surface area contributed by atoms with Gasteiger partial charge in [0, 0.05) is 12.4 Å². The predicted octanol–water partition coefficient (Wildman–Crippen LogP) is -0.612. The number of imidazole rings is 1. The minimum atomic E-state index is -0.460. The number of hydrogen-bond donors (Lipinski definition) is 2. The molecule has 5 nitrogen and oxygen atoms in total. The van der Waals surface area contributed by atoms with Crippen molar-refractivity contribution in [2.75, 3.05) is 0 Å². The van der Waals surface area contributed by atoms with Crippen LogP contribution in [0.15, 0.2) is 18.7 Å². The van der Waals surface area contributed by atoms with Crippen molar-refractivity contribution in [2.45, 2.75) is 6.54 Å². The standard InChI is InChI=1S/C5H7N3O2/c9-5(7-10)3-8-2-1-6-4-8/h1-2,4,10H,3H2,(H,7,9). The van der Waals surface area contributed by atoms with Crippen LogP contribution in [0.2, 0.25) is 0 Å². The fourth-order valence-corrected chi connectivity index (χ4v) is 0.581. The highest BCUT2D eigenvalue weighted by Gasteiger charge is 1.97. The molecular formula is C5H7N3O2. The van der Waals surface area contributed by atoms with E-state index in [4.69, 9.17) is 5.21 Å². The molecule has 0 aliphatic heterocycles. The maximum absolute atomic E-state index is 10.5. The summed E-state index contributed by atoms with van der Waals surface area (Å²) in [5.41, 5.74) is 1.52. The molecule has 1 heterocycles. The van der Waals surface area contributed by atoms with E-state index in [1.54, 1.807) is 17.0 Å². The van der Waals surface area contributed by atoms with E-state index in [0.29, 0.717) is 0 Å². The number of hydroxylamine groups is 1. The van der Waals surface area contributed by atoms with Crippen LogP contribution in [-0.4, -0.2) is 20.7 Å². The summed E-state index contributed by atoms with van der Waals surface area (Å²) >= 11 is 0. The molecule has 2 N–H and O–H groups in total. The Morgan fingerprint density at radius 1 is 1.80 bits per heavy atom. The van der Waals surface area contributed by atoms with Gasteiger partial charge >= 0.3 is 0 Å². The molecule has 1 aromatic heterocycles. The quantitative estimate of drug-likeness (QED) is 0.426. The summed E-state index contributed by atoms with van der Waals surface area (Å²) in [6.07, 6.45) is 4.69. The van der Waals surface area contributed by atoms with E-state index >= 15 is 0 Å². The Bertz CT molecular complexity index is 207. The lowest BCUT2D eigenvalue weighted by atomic mass is 10.6. The molecule has 0 unspecified atom stereocenters. The van der Waals surface area contributed by atoms with Gasteiger partial charge in [-0.25, -0.2) is 10.5 Å². The lowest BCUT2D eigenvalue weighted by Gasteiger charge is -1.97. The minimum Gasteiger partial charge on any atom is -0.328 e. The third kappa shape index (κ3) is 1.56. The Morgan fingerprint density at radius 2 is 2.60 bits per heavy atom. The van der Waals surface area contributed by atoms with Gasteiger partial charge in [0.25, 0.3) is 5.91 Å². The molecule has 0 saturated carbocycles. The Hall–Kier alpha value is -1.36. The van der Waals surface area contributed by atoms with Gasteiger partial charge in [-0.3, -0.25) is 10.0 Å². The molecule has 0 saturated heterocycles. The van der Waals surface area contributed by atoms with Crippen molar-refractivity contribution in [1.29, 1.82) is 0 Å². The van der Waals surface area contributed by atoms with E-state index in [9.17, 15) is 4.79 Å². The Labute approximate surface area is 57.3 Å². The molecule has 0 aliphatic carbocycles. The first kappa shape index (κ1) is 6.76. The highest BCUT2D eigenvalue weighted by molar-refractivity contribution is 5.74. The highest BCUT2D eigenvalue weighted by atomic mass is 16.5. The van der Waals surface area contributed by atoms with Crippen LogP contribution in [0.1, 0.15) is 0 Å². The molecule has 0 bridgehead atoms. The number of carbonyl (C=O) groups is 1. The zero-order valence-corrected chi connectivity index (χ0v) is 5.19. The van der Waals surface area contributed by atoms with Crippen LogP contribution in [0.25, 0.3) is 0 Å². The first-order valence-electron chi connectivity index (χ1n) is 2.71. The smallest absolute Gasteiger partial charge is 0.263 e. The van der Waals surface area contributed by atoms with E-state index in [1.165, 1.54) is 11.8 Å². The molecule has 1 rings (SSSR count). The molecule has 0 radical (unpaired) electrons. The SMILES string of the molecule is O=C(Cn1ccnc1)NO. The first-order chi connectivity index (χ1) is 4.83. The second-order valence-electron chi connectivity index (χ2n) is 1.77. The number of hydrogen-bond acceptors (Lipinski definition) is 3. The van der Waals surface area contributed by atoms with Gasteiger partial charge in [0.1, 0.15) is 6.54 Å². The van der Waals surface area contributed by atoms with Crippen molar-refractivity contribution in [1.82, 2.24) is 15.0 Å². The van der Waals surface area contributed by atoms with Crippen molar-refractivity contribution in [3.05, 3.63) is 18.7 Å². The van der Waals surface area contributed by atoms with E-state index in [0.717, 1.165) is 0 Å². The van der Waals surface area contributed by atoms with Gasteiger partial charge in [0.05, 0.1) is 6.33 Å². The van der Waals surface area contributed by atoms with Gasteiger partial charge in [-0.2, -0.15) is 0 Å². The zero-order valence-electron chi connectivity index (χ0n) is 5.19.